The SMILES string of the molecule is O=C(/C=C/c1cccc(Cl)c1)OC1CCN(CC(O)(Cn2cncn2)c2ccc(F)cc2F)CC1. The predicted octanol–water partition coefficient (Wildman–Crippen LogP) is 3.82. The fourth-order valence-corrected chi connectivity index (χ4v) is 4.40. The third kappa shape index (κ3) is 6.72. The normalized spacial score (nSPS) is 16.9. The van der Waals surface area contributed by atoms with E-state index in [4.69, 9.17) is 16.3 Å². The van der Waals surface area contributed by atoms with Gasteiger partial charge in [0.1, 0.15) is 36.0 Å². The zero-order valence-electron chi connectivity index (χ0n) is 18.9. The topological polar surface area (TPSA) is 80.5 Å². The lowest BCUT2D eigenvalue weighted by Gasteiger charge is -2.38. The Hall–Kier alpha value is -3.14. The van der Waals surface area contributed by atoms with E-state index >= 15 is 0 Å². The summed E-state index contributed by atoms with van der Waals surface area (Å²) in [5.74, 6) is -2.00. The minimum atomic E-state index is -1.67. The van der Waals surface area contributed by atoms with E-state index in [2.05, 4.69) is 10.1 Å². The lowest BCUT2D eigenvalue weighted by Crippen LogP contribution is -2.48. The Kier molecular flexibility index (Phi) is 7.90. The average molecular weight is 503 g/mol. The van der Waals surface area contributed by atoms with Crippen molar-refractivity contribution in [2.24, 2.45) is 0 Å². The van der Waals surface area contributed by atoms with Crippen LogP contribution in [0.25, 0.3) is 6.08 Å². The number of aromatic nitrogens is 3. The van der Waals surface area contributed by atoms with Gasteiger partial charge in [0.05, 0.1) is 6.54 Å². The largest absolute Gasteiger partial charge is 0.459 e. The van der Waals surface area contributed by atoms with Crippen LogP contribution in [0.15, 0.2) is 61.2 Å². The first-order valence-electron chi connectivity index (χ1n) is 11.2. The smallest absolute Gasteiger partial charge is 0.331 e. The number of ether oxygens (including phenoxy) is 1. The molecular formula is C25H25ClF2N4O3. The van der Waals surface area contributed by atoms with Crippen LogP contribution >= 0.6 is 11.6 Å². The second-order valence-corrected chi connectivity index (χ2v) is 8.99. The molecule has 1 aliphatic heterocycles. The van der Waals surface area contributed by atoms with Crippen molar-refractivity contribution in [2.75, 3.05) is 19.6 Å². The van der Waals surface area contributed by atoms with Gasteiger partial charge in [-0.25, -0.2) is 23.2 Å². The lowest BCUT2D eigenvalue weighted by atomic mass is 9.91. The van der Waals surface area contributed by atoms with Gasteiger partial charge in [0.25, 0.3) is 0 Å². The lowest BCUT2D eigenvalue weighted by molar-refractivity contribution is -0.145. The molecule has 1 unspecified atom stereocenters. The van der Waals surface area contributed by atoms with Crippen LogP contribution in [0.5, 0.6) is 0 Å². The maximum Gasteiger partial charge on any atom is 0.331 e. The second kappa shape index (κ2) is 11.1. The number of β-amino-alcohol motifs (C(OH)–C–C–N with tert-alkyl or cyclic N) is 1. The summed E-state index contributed by atoms with van der Waals surface area (Å²) in [6.45, 7) is 1.08. The van der Waals surface area contributed by atoms with Crippen molar-refractivity contribution in [1.29, 1.82) is 0 Å². The number of aliphatic hydroxyl groups is 1. The number of carbonyl (C=O) groups is 1. The molecular weight excluding hydrogens is 478 g/mol. The van der Waals surface area contributed by atoms with Gasteiger partial charge in [-0.05, 0) is 42.7 Å². The number of nitrogens with zero attached hydrogens (tertiary/aromatic N) is 4. The fourth-order valence-electron chi connectivity index (χ4n) is 4.20. The summed E-state index contributed by atoms with van der Waals surface area (Å²) in [5, 5.41) is 16.1. The van der Waals surface area contributed by atoms with E-state index in [1.165, 1.54) is 29.5 Å². The summed E-state index contributed by atoms with van der Waals surface area (Å²) in [4.78, 5) is 18.1. The summed E-state index contributed by atoms with van der Waals surface area (Å²) in [7, 11) is 0. The Morgan fingerprint density at radius 2 is 2.00 bits per heavy atom. The van der Waals surface area contributed by atoms with Crippen molar-refractivity contribution >= 4 is 23.6 Å². The predicted molar refractivity (Wildman–Crippen MR) is 126 cm³/mol. The summed E-state index contributed by atoms with van der Waals surface area (Å²) >= 11 is 5.95. The van der Waals surface area contributed by atoms with Gasteiger partial charge in [-0.2, -0.15) is 5.10 Å². The molecule has 1 aliphatic rings. The number of carbonyl (C=O) groups excluding carboxylic acids is 1. The maximum absolute atomic E-state index is 14.6. The van der Waals surface area contributed by atoms with Crippen molar-refractivity contribution in [1.82, 2.24) is 19.7 Å². The highest BCUT2D eigenvalue weighted by atomic mass is 35.5. The highest BCUT2D eigenvalue weighted by Gasteiger charge is 2.37. The third-order valence-electron chi connectivity index (χ3n) is 5.89. The molecule has 0 bridgehead atoms. The number of likely N-dealkylation sites (tertiary alicyclic amines) is 1. The molecule has 4 rings (SSSR count). The average Bonchev–Trinajstić information content (AvgIpc) is 3.31. The monoisotopic (exact) mass is 502 g/mol. The summed E-state index contributed by atoms with van der Waals surface area (Å²) in [6.07, 6.45) is 6.60. The highest BCUT2D eigenvalue weighted by molar-refractivity contribution is 6.30. The van der Waals surface area contributed by atoms with Gasteiger partial charge in [-0.1, -0.05) is 29.8 Å². The first-order valence-corrected chi connectivity index (χ1v) is 11.6. The van der Waals surface area contributed by atoms with Gasteiger partial charge >= 0.3 is 5.97 Å². The molecule has 1 aromatic heterocycles. The minimum Gasteiger partial charge on any atom is -0.459 e. The van der Waals surface area contributed by atoms with Crippen LogP contribution in [-0.2, 0) is 21.7 Å². The van der Waals surface area contributed by atoms with E-state index in [1.807, 2.05) is 11.0 Å². The Morgan fingerprint density at radius 3 is 2.69 bits per heavy atom. The summed E-state index contributed by atoms with van der Waals surface area (Å²) < 4.78 is 35.1. The molecule has 1 atom stereocenters. The first kappa shape index (κ1) is 25.0. The van der Waals surface area contributed by atoms with Gasteiger partial charge in [0, 0.05) is 42.4 Å². The van der Waals surface area contributed by atoms with E-state index < -0.39 is 23.2 Å². The quantitative estimate of drug-likeness (QED) is 0.372. The Morgan fingerprint density at radius 1 is 1.20 bits per heavy atom. The molecule has 2 heterocycles. The number of rotatable bonds is 8. The zero-order chi connectivity index (χ0) is 24.8. The number of piperidine rings is 1. The second-order valence-electron chi connectivity index (χ2n) is 8.55. The molecule has 0 aliphatic carbocycles. The molecule has 0 amide bonds. The molecule has 0 spiro atoms. The molecule has 10 heteroatoms. The van der Waals surface area contributed by atoms with Crippen molar-refractivity contribution in [3.05, 3.63) is 89.0 Å². The number of esters is 1. The van der Waals surface area contributed by atoms with Crippen LogP contribution in [0.1, 0.15) is 24.0 Å². The molecule has 7 nitrogen and oxygen atoms in total. The van der Waals surface area contributed by atoms with Crippen LogP contribution in [0.2, 0.25) is 5.02 Å². The van der Waals surface area contributed by atoms with Crippen LogP contribution < -0.4 is 0 Å². The molecule has 2 aromatic carbocycles. The molecule has 1 N–H and O–H groups in total. The van der Waals surface area contributed by atoms with Crippen LogP contribution in [0.3, 0.4) is 0 Å². The molecule has 3 aromatic rings. The zero-order valence-corrected chi connectivity index (χ0v) is 19.6. The fraction of sp³-hybridized carbons (Fsp3) is 0.320. The van der Waals surface area contributed by atoms with Gasteiger partial charge in [0.15, 0.2) is 0 Å². The number of hydrogen-bond donors (Lipinski definition) is 1. The molecule has 1 fully saturated rings. The van der Waals surface area contributed by atoms with Crippen molar-refractivity contribution < 1.29 is 23.4 Å². The summed E-state index contributed by atoms with van der Waals surface area (Å²) in [6, 6.07) is 10.3. The van der Waals surface area contributed by atoms with E-state index in [9.17, 15) is 18.7 Å². The van der Waals surface area contributed by atoms with Gasteiger partial charge < -0.3 is 9.84 Å². The van der Waals surface area contributed by atoms with Gasteiger partial charge in [-0.15, -0.1) is 0 Å². The van der Waals surface area contributed by atoms with Crippen molar-refractivity contribution in [3.63, 3.8) is 0 Å². The van der Waals surface area contributed by atoms with E-state index in [1.54, 1.807) is 24.3 Å². The highest BCUT2D eigenvalue weighted by Crippen LogP contribution is 2.29. The van der Waals surface area contributed by atoms with E-state index in [-0.39, 0.29) is 24.8 Å². The Balaban J connectivity index is 1.36. The Bertz CT molecular complexity index is 1180. The van der Waals surface area contributed by atoms with Crippen LogP contribution in [0, 0.1) is 11.6 Å². The maximum atomic E-state index is 14.6. The molecule has 0 saturated carbocycles. The van der Waals surface area contributed by atoms with Gasteiger partial charge in [-0.3, -0.25) is 4.90 Å². The third-order valence-corrected chi connectivity index (χ3v) is 6.12. The molecule has 184 valence electrons. The molecule has 1 saturated heterocycles. The first-order chi connectivity index (χ1) is 16.8. The number of halogens is 3. The van der Waals surface area contributed by atoms with Crippen molar-refractivity contribution in [3.8, 4) is 0 Å². The van der Waals surface area contributed by atoms with E-state index in [0.29, 0.717) is 31.0 Å². The number of benzene rings is 2. The molecule has 0 radical (unpaired) electrons. The van der Waals surface area contributed by atoms with E-state index in [0.717, 1.165) is 17.7 Å². The number of hydrogen-bond acceptors (Lipinski definition) is 6. The minimum absolute atomic E-state index is 0.0193. The molecule has 35 heavy (non-hydrogen) atoms. The van der Waals surface area contributed by atoms with Crippen LogP contribution in [0.4, 0.5) is 8.78 Å². The standard InChI is InChI=1S/C25H25ClF2N4O3/c26-19-3-1-2-18(12-19)4-7-24(33)35-21-8-10-31(11-9-21)14-25(34,15-32-17-29-16-30-32)22-6-5-20(27)13-23(22)28/h1-7,12-13,16-17,21,34H,8-11,14-15H2/b7-4+. The van der Waals surface area contributed by atoms with Crippen molar-refractivity contribution in [2.45, 2.75) is 31.1 Å². The van der Waals surface area contributed by atoms with Crippen LogP contribution in [-0.4, -0.2) is 56.5 Å². The summed E-state index contributed by atoms with van der Waals surface area (Å²) in [5.41, 5.74) is -0.896. The van der Waals surface area contributed by atoms with Gasteiger partial charge in [0.2, 0.25) is 0 Å². The Labute approximate surface area is 206 Å².